The summed E-state index contributed by atoms with van der Waals surface area (Å²) in [6, 6.07) is 2.93. The molecule has 1 saturated heterocycles. The summed E-state index contributed by atoms with van der Waals surface area (Å²) in [5.41, 5.74) is 0. The van der Waals surface area contributed by atoms with Crippen LogP contribution in [0.5, 0.6) is 0 Å². The van der Waals surface area contributed by atoms with Crippen molar-refractivity contribution < 1.29 is 19.4 Å². The van der Waals surface area contributed by atoms with Crippen molar-refractivity contribution in [3.05, 3.63) is 23.1 Å². The molecule has 1 aliphatic rings. The van der Waals surface area contributed by atoms with Gasteiger partial charge in [-0.2, -0.15) is 0 Å². The normalized spacial score (nSPS) is 25.9. The fraction of sp³-hybridized carbons (Fsp3) is 0.444. The van der Waals surface area contributed by atoms with Crippen molar-refractivity contribution in [2.45, 2.75) is 12.2 Å². The number of carbonyl (C=O) groups excluding carboxylic acids is 1. The first-order valence-corrected chi connectivity index (χ1v) is 4.86. The molecule has 1 amide bonds. The number of aliphatic hydroxyl groups is 2. The highest BCUT2D eigenvalue weighted by Crippen LogP contribution is 2.18. The topological polar surface area (TPSA) is 73.9 Å². The molecule has 0 bridgehead atoms. The Kier molecular flexibility index (Phi) is 2.68. The Morgan fingerprint density at radius 1 is 1.40 bits per heavy atom. The number of hydrogen-bond acceptors (Lipinski definition) is 4. The SMILES string of the molecule is O=C(c1ccc(Cl)o1)N1C[C@@H](O)[C@@H](O)C1. The fourth-order valence-electron chi connectivity index (χ4n) is 1.52. The molecule has 1 aromatic rings. The number of likely N-dealkylation sites (tertiary alicyclic amines) is 1. The van der Waals surface area contributed by atoms with Crippen LogP contribution < -0.4 is 0 Å². The van der Waals surface area contributed by atoms with Gasteiger partial charge in [-0.25, -0.2) is 0 Å². The molecule has 0 unspecified atom stereocenters. The van der Waals surface area contributed by atoms with E-state index in [9.17, 15) is 15.0 Å². The quantitative estimate of drug-likeness (QED) is 0.720. The predicted molar refractivity (Wildman–Crippen MR) is 51.6 cm³/mol. The number of β-amino-alcohol motifs (C(OH)–C–C–N with tert-alkyl or cyclic N) is 2. The van der Waals surface area contributed by atoms with Crippen molar-refractivity contribution in [3.63, 3.8) is 0 Å². The number of rotatable bonds is 1. The van der Waals surface area contributed by atoms with Crippen LogP contribution in [0.2, 0.25) is 5.22 Å². The summed E-state index contributed by atoms with van der Waals surface area (Å²) in [5.74, 6) is -0.265. The Bertz CT molecular complexity index is 368. The second-order valence-electron chi connectivity index (χ2n) is 3.45. The van der Waals surface area contributed by atoms with Crippen molar-refractivity contribution in [1.82, 2.24) is 4.90 Å². The van der Waals surface area contributed by atoms with Crippen LogP contribution in [-0.2, 0) is 0 Å². The van der Waals surface area contributed by atoms with Crippen LogP contribution in [0.1, 0.15) is 10.6 Å². The molecule has 15 heavy (non-hydrogen) atoms. The lowest BCUT2D eigenvalue weighted by atomic mass is 10.3. The monoisotopic (exact) mass is 231 g/mol. The largest absolute Gasteiger partial charge is 0.440 e. The minimum atomic E-state index is -0.889. The van der Waals surface area contributed by atoms with Gasteiger partial charge >= 0.3 is 0 Å². The third-order valence-electron chi connectivity index (χ3n) is 2.33. The Balaban J connectivity index is 2.10. The van der Waals surface area contributed by atoms with E-state index in [2.05, 4.69) is 0 Å². The summed E-state index contributed by atoms with van der Waals surface area (Å²) < 4.78 is 4.94. The predicted octanol–water partition coefficient (Wildman–Crippen LogP) is 0.111. The lowest BCUT2D eigenvalue weighted by Gasteiger charge is -2.12. The molecule has 5 nitrogen and oxygen atoms in total. The molecular formula is C9H10ClNO4. The second kappa shape index (κ2) is 3.84. The van der Waals surface area contributed by atoms with Crippen LogP contribution in [0.4, 0.5) is 0 Å². The van der Waals surface area contributed by atoms with Gasteiger partial charge in [-0.1, -0.05) is 0 Å². The van der Waals surface area contributed by atoms with Crippen LogP contribution in [-0.4, -0.2) is 46.3 Å². The molecule has 0 spiro atoms. The van der Waals surface area contributed by atoms with Crippen molar-refractivity contribution in [2.24, 2.45) is 0 Å². The zero-order valence-electron chi connectivity index (χ0n) is 7.76. The number of amides is 1. The molecule has 2 N–H and O–H groups in total. The third-order valence-corrected chi connectivity index (χ3v) is 2.53. The first-order valence-electron chi connectivity index (χ1n) is 4.48. The highest BCUT2D eigenvalue weighted by atomic mass is 35.5. The van der Waals surface area contributed by atoms with Crippen LogP contribution in [0.15, 0.2) is 16.5 Å². The molecule has 0 aromatic carbocycles. The highest BCUT2D eigenvalue weighted by molar-refractivity contribution is 6.29. The summed E-state index contributed by atoms with van der Waals surface area (Å²) in [6.07, 6.45) is -1.78. The van der Waals surface area contributed by atoms with Gasteiger partial charge in [-0.3, -0.25) is 4.79 Å². The maximum absolute atomic E-state index is 11.7. The Hall–Kier alpha value is -1.04. The first-order chi connectivity index (χ1) is 7.08. The minimum Gasteiger partial charge on any atom is -0.440 e. The first kappa shape index (κ1) is 10.5. The molecular weight excluding hydrogens is 222 g/mol. The highest BCUT2D eigenvalue weighted by Gasteiger charge is 2.33. The summed E-state index contributed by atoms with van der Waals surface area (Å²) >= 11 is 5.53. The number of furan rings is 1. The van der Waals surface area contributed by atoms with Gasteiger partial charge in [0, 0.05) is 13.1 Å². The van der Waals surface area contributed by atoms with Crippen molar-refractivity contribution in [1.29, 1.82) is 0 Å². The molecule has 0 saturated carbocycles. The van der Waals surface area contributed by atoms with Gasteiger partial charge in [0.25, 0.3) is 5.91 Å². The zero-order chi connectivity index (χ0) is 11.0. The van der Waals surface area contributed by atoms with E-state index in [1.165, 1.54) is 17.0 Å². The van der Waals surface area contributed by atoms with E-state index in [0.29, 0.717) is 0 Å². The lowest BCUT2D eigenvalue weighted by Crippen LogP contribution is -2.29. The number of aliphatic hydroxyl groups excluding tert-OH is 2. The molecule has 2 atom stereocenters. The second-order valence-corrected chi connectivity index (χ2v) is 3.82. The summed E-state index contributed by atoms with van der Waals surface area (Å²) in [7, 11) is 0. The van der Waals surface area contributed by atoms with Crippen LogP contribution in [0.3, 0.4) is 0 Å². The average molecular weight is 232 g/mol. The number of nitrogens with zero attached hydrogens (tertiary/aromatic N) is 1. The summed E-state index contributed by atoms with van der Waals surface area (Å²) in [6.45, 7) is 0.219. The van der Waals surface area contributed by atoms with Crippen LogP contribution in [0.25, 0.3) is 0 Å². The van der Waals surface area contributed by atoms with E-state index >= 15 is 0 Å². The smallest absolute Gasteiger partial charge is 0.289 e. The van der Waals surface area contributed by atoms with Crippen molar-refractivity contribution in [2.75, 3.05) is 13.1 Å². The van der Waals surface area contributed by atoms with Crippen molar-refractivity contribution >= 4 is 17.5 Å². The molecule has 82 valence electrons. The zero-order valence-corrected chi connectivity index (χ0v) is 8.52. The maximum Gasteiger partial charge on any atom is 0.289 e. The van der Waals surface area contributed by atoms with E-state index in [-0.39, 0.29) is 30.0 Å². The van der Waals surface area contributed by atoms with Gasteiger partial charge < -0.3 is 19.5 Å². The van der Waals surface area contributed by atoms with E-state index in [1.807, 2.05) is 0 Å². The van der Waals surface area contributed by atoms with E-state index < -0.39 is 12.2 Å². The van der Waals surface area contributed by atoms with E-state index in [1.54, 1.807) is 0 Å². The van der Waals surface area contributed by atoms with Crippen LogP contribution >= 0.6 is 11.6 Å². The average Bonchev–Trinajstić information content (AvgIpc) is 2.74. The molecule has 6 heteroatoms. The molecule has 1 fully saturated rings. The Morgan fingerprint density at radius 3 is 2.47 bits per heavy atom. The third kappa shape index (κ3) is 1.99. The molecule has 1 aliphatic heterocycles. The van der Waals surface area contributed by atoms with Gasteiger partial charge in [-0.15, -0.1) is 0 Å². The Labute approximate surface area is 90.9 Å². The molecule has 2 heterocycles. The van der Waals surface area contributed by atoms with E-state index in [0.717, 1.165) is 0 Å². The number of carbonyl (C=O) groups is 1. The van der Waals surface area contributed by atoms with Crippen molar-refractivity contribution in [3.8, 4) is 0 Å². The molecule has 1 aromatic heterocycles. The van der Waals surface area contributed by atoms with Gasteiger partial charge in [0.2, 0.25) is 0 Å². The maximum atomic E-state index is 11.7. The molecule has 0 radical (unpaired) electrons. The molecule has 0 aliphatic carbocycles. The summed E-state index contributed by atoms with van der Waals surface area (Å²) in [5, 5.41) is 18.7. The fourth-order valence-corrected chi connectivity index (χ4v) is 1.67. The summed E-state index contributed by atoms with van der Waals surface area (Å²) in [4.78, 5) is 13.0. The molecule has 2 rings (SSSR count). The van der Waals surface area contributed by atoms with E-state index in [4.69, 9.17) is 16.0 Å². The van der Waals surface area contributed by atoms with Gasteiger partial charge in [-0.05, 0) is 23.7 Å². The lowest BCUT2D eigenvalue weighted by molar-refractivity contribution is 0.0572. The Morgan fingerprint density at radius 2 is 2.00 bits per heavy atom. The van der Waals surface area contributed by atoms with Gasteiger partial charge in [0.15, 0.2) is 11.0 Å². The number of hydrogen-bond donors (Lipinski definition) is 2. The van der Waals surface area contributed by atoms with Gasteiger partial charge in [0.05, 0.1) is 12.2 Å². The minimum absolute atomic E-state index is 0.109. The van der Waals surface area contributed by atoms with Gasteiger partial charge in [0.1, 0.15) is 0 Å². The standard InChI is InChI=1S/C9H10ClNO4/c10-8-2-1-7(15-8)9(14)11-3-5(12)6(13)4-11/h1-2,5-6,12-13H,3-4H2/t5-,6+. The number of halogens is 1. The van der Waals surface area contributed by atoms with Crippen LogP contribution in [0, 0.1) is 0 Å².